The van der Waals surface area contributed by atoms with E-state index in [4.69, 9.17) is 11.6 Å². The molecule has 0 spiro atoms. The molecule has 104 valence electrons. The van der Waals surface area contributed by atoms with E-state index in [1.807, 2.05) is 6.07 Å². The molecular formula is C11H13ClN2O3S2. The van der Waals surface area contributed by atoms with Crippen LogP contribution in [0.4, 0.5) is 0 Å². The minimum Gasteiger partial charge on any atom is -0.347 e. The summed E-state index contributed by atoms with van der Waals surface area (Å²) in [4.78, 5) is 12.4. The summed E-state index contributed by atoms with van der Waals surface area (Å²) in [5.74, 6) is -0.141. The van der Waals surface area contributed by atoms with Crippen LogP contribution in [-0.4, -0.2) is 25.6 Å². The fraction of sp³-hybridized carbons (Fsp3) is 0.545. The number of hydrogen-bond acceptors (Lipinski definition) is 4. The number of thiophene rings is 1. The van der Waals surface area contributed by atoms with E-state index >= 15 is 0 Å². The van der Waals surface area contributed by atoms with E-state index in [2.05, 4.69) is 10.0 Å². The van der Waals surface area contributed by atoms with Crippen molar-refractivity contribution in [1.29, 1.82) is 0 Å². The molecule has 5 nitrogen and oxygen atoms in total. The standard InChI is InChI=1S/C11H13ClN2O3S2/c12-9-4-3-8(18-9)11-7(5-10(15)13-11)14-19(16,17)6-1-2-6/h3-4,6-7,11,14H,1-2,5H2,(H,13,15)/t7-,11?/m1/s1. The summed E-state index contributed by atoms with van der Waals surface area (Å²) in [6.07, 6.45) is 1.59. The van der Waals surface area contributed by atoms with Gasteiger partial charge in [0.05, 0.1) is 21.7 Å². The van der Waals surface area contributed by atoms with Gasteiger partial charge in [0.25, 0.3) is 0 Å². The summed E-state index contributed by atoms with van der Waals surface area (Å²) >= 11 is 7.24. The van der Waals surface area contributed by atoms with Gasteiger partial charge in [-0.05, 0) is 25.0 Å². The first-order valence-electron chi connectivity index (χ1n) is 6.01. The van der Waals surface area contributed by atoms with E-state index in [0.717, 1.165) is 4.88 Å². The lowest BCUT2D eigenvalue weighted by molar-refractivity contribution is -0.119. The summed E-state index contributed by atoms with van der Waals surface area (Å²) in [5, 5.41) is 2.52. The highest BCUT2D eigenvalue weighted by Gasteiger charge is 2.42. The van der Waals surface area contributed by atoms with Gasteiger partial charge in [0, 0.05) is 11.3 Å². The zero-order chi connectivity index (χ0) is 13.6. The molecule has 19 heavy (non-hydrogen) atoms. The van der Waals surface area contributed by atoms with Crippen molar-refractivity contribution >= 4 is 38.9 Å². The van der Waals surface area contributed by atoms with Gasteiger partial charge in [-0.3, -0.25) is 4.79 Å². The van der Waals surface area contributed by atoms with Crippen molar-refractivity contribution in [2.45, 2.75) is 36.6 Å². The van der Waals surface area contributed by atoms with Gasteiger partial charge in [-0.2, -0.15) is 0 Å². The van der Waals surface area contributed by atoms with Crippen molar-refractivity contribution < 1.29 is 13.2 Å². The van der Waals surface area contributed by atoms with Crippen molar-refractivity contribution in [1.82, 2.24) is 10.0 Å². The molecule has 2 N–H and O–H groups in total. The van der Waals surface area contributed by atoms with Crippen LogP contribution in [0.1, 0.15) is 30.2 Å². The van der Waals surface area contributed by atoms with Crippen LogP contribution in [0.25, 0.3) is 0 Å². The molecule has 1 unspecified atom stereocenters. The molecule has 1 aliphatic carbocycles. The van der Waals surface area contributed by atoms with Crippen molar-refractivity contribution in [2.75, 3.05) is 0 Å². The Morgan fingerprint density at radius 2 is 2.11 bits per heavy atom. The van der Waals surface area contributed by atoms with Crippen LogP contribution >= 0.6 is 22.9 Å². The van der Waals surface area contributed by atoms with E-state index < -0.39 is 16.1 Å². The second-order valence-corrected chi connectivity index (χ2v) is 8.60. The Morgan fingerprint density at radius 1 is 1.37 bits per heavy atom. The fourth-order valence-electron chi connectivity index (χ4n) is 2.21. The molecule has 1 aromatic rings. The van der Waals surface area contributed by atoms with Gasteiger partial charge in [-0.1, -0.05) is 11.6 Å². The highest BCUT2D eigenvalue weighted by Crippen LogP contribution is 2.34. The first-order chi connectivity index (χ1) is 8.95. The van der Waals surface area contributed by atoms with E-state index in [0.29, 0.717) is 17.2 Å². The van der Waals surface area contributed by atoms with Crippen molar-refractivity contribution in [3.05, 3.63) is 21.3 Å². The Bertz CT molecular complexity index is 609. The molecule has 2 fully saturated rings. The Kier molecular flexibility index (Phi) is 3.33. The van der Waals surface area contributed by atoms with Gasteiger partial charge < -0.3 is 5.32 Å². The Morgan fingerprint density at radius 3 is 2.68 bits per heavy atom. The van der Waals surface area contributed by atoms with Gasteiger partial charge in [-0.25, -0.2) is 13.1 Å². The maximum absolute atomic E-state index is 12.0. The van der Waals surface area contributed by atoms with E-state index in [-0.39, 0.29) is 23.6 Å². The lowest BCUT2D eigenvalue weighted by Crippen LogP contribution is -2.39. The number of nitrogens with one attached hydrogen (secondary N) is 2. The minimum absolute atomic E-state index is 0.141. The SMILES string of the molecule is O=C1C[C@@H](NS(=O)(=O)C2CC2)C(c2ccc(Cl)s2)N1. The summed E-state index contributed by atoms with van der Waals surface area (Å²) in [7, 11) is -3.30. The van der Waals surface area contributed by atoms with Crippen LogP contribution in [-0.2, 0) is 14.8 Å². The van der Waals surface area contributed by atoms with E-state index in [9.17, 15) is 13.2 Å². The lowest BCUT2D eigenvalue weighted by atomic mass is 10.1. The van der Waals surface area contributed by atoms with Gasteiger partial charge >= 0.3 is 0 Å². The molecule has 2 aliphatic rings. The molecule has 1 aromatic heterocycles. The number of rotatable bonds is 4. The quantitative estimate of drug-likeness (QED) is 0.881. The molecule has 2 atom stereocenters. The molecule has 2 heterocycles. The average Bonchev–Trinajstić information content (AvgIpc) is 3.02. The first-order valence-corrected chi connectivity index (χ1v) is 8.75. The third-order valence-corrected chi connectivity index (χ3v) is 6.60. The first kappa shape index (κ1) is 13.4. The largest absolute Gasteiger partial charge is 0.347 e. The topological polar surface area (TPSA) is 75.3 Å². The van der Waals surface area contributed by atoms with Crippen molar-refractivity contribution in [2.24, 2.45) is 0 Å². The fourth-order valence-corrected chi connectivity index (χ4v) is 4.98. The van der Waals surface area contributed by atoms with E-state index in [1.54, 1.807) is 6.07 Å². The van der Waals surface area contributed by atoms with Crippen LogP contribution in [0, 0.1) is 0 Å². The number of amides is 1. The maximum atomic E-state index is 12.0. The zero-order valence-corrected chi connectivity index (χ0v) is 12.3. The van der Waals surface area contributed by atoms with Gasteiger partial charge in [0.1, 0.15) is 0 Å². The van der Waals surface area contributed by atoms with Crippen LogP contribution in [0.3, 0.4) is 0 Å². The molecule has 0 aromatic carbocycles. The van der Waals surface area contributed by atoms with Crippen LogP contribution < -0.4 is 10.0 Å². The Labute approximate surface area is 120 Å². The second-order valence-electron chi connectivity index (χ2n) is 4.86. The Hall–Kier alpha value is -0.630. The highest BCUT2D eigenvalue weighted by atomic mass is 35.5. The highest BCUT2D eigenvalue weighted by molar-refractivity contribution is 7.90. The number of carbonyl (C=O) groups is 1. The minimum atomic E-state index is -3.30. The summed E-state index contributed by atoms with van der Waals surface area (Å²) < 4.78 is 27.2. The molecule has 1 saturated heterocycles. The maximum Gasteiger partial charge on any atom is 0.222 e. The number of halogens is 1. The molecule has 0 radical (unpaired) electrons. The molecule has 0 bridgehead atoms. The smallest absolute Gasteiger partial charge is 0.222 e. The molecule has 3 rings (SSSR count). The predicted octanol–water partition coefficient (Wildman–Crippen LogP) is 1.41. The number of sulfonamides is 1. The number of carbonyl (C=O) groups excluding carboxylic acids is 1. The predicted molar refractivity (Wildman–Crippen MR) is 73.7 cm³/mol. The molecule has 1 saturated carbocycles. The zero-order valence-electron chi connectivity index (χ0n) is 9.93. The van der Waals surface area contributed by atoms with Crippen LogP contribution in [0.15, 0.2) is 12.1 Å². The van der Waals surface area contributed by atoms with Gasteiger partial charge in [0.2, 0.25) is 15.9 Å². The van der Waals surface area contributed by atoms with Gasteiger partial charge in [0.15, 0.2) is 0 Å². The van der Waals surface area contributed by atoms with E-state index in [1.165, 1.54) is 11.3 Å². The summed E-state index contributed by atoms with van der Waals surface area (Å²) in [6.45, 7) is 0. The summed E-state index contributed by atoms with van der Waals surface area (Å²) in [5.41, 5.74) is 0. The van der Waals surface area contributed by atoms with Crippen LogP contribution in [0.2, 0.25) is 4.34 Å². The average molecular weight is 321 g/mol. The van der Waals surface area contributed by atoms with Crippen LogP contribution in [0.5, 0.6) is 0 Å². The molecular weight excluding hydrogens is 308 g/mol. The molecule has 8 heteroatoms. The number of hydrogen-bond donors (Lipinski definition) is 2. The Balaban J connectivity index is 1.80. The monoisotopic (exact) mass is 320 g/mol. The molecule has 1 amide bonds. The normalized spacial score (nSPS) is 27.5. The lowest BCUT2D eigenvalue weighted by Gasteiger charge is -2.18. The summed E-state index contributed by atoms with van der Waals surface area (Å²) in [6, 6.07) is 2.83. The third-order valence-electron chi connectivity index (χ3n) is 3.30. The van der Waals surface area contributed by atoms with Crippen molar-refractivity contribution in [3.63, 3.8) is 0 Å². The molecule has 1 aliphatic heterocycles. The second kappa shape index (κ2) is 4.73. The van der Waals surface area contributed by atoms with Gasteiger partial charge in [-0.15, -0.1) is 11.3 Å². The third kappa shape index (κ3) is 2.79. The van der Waals surface area contributed by atoms with Crippen molar-refractivity contribution in [3.8, 4) is 0 Å².